The van der Waals surface area contributed by atoms with Gasteiger partial charge in [0.05, 0.1) is 0 Å². The van der Waals surface area contributed by atoms with E-state index in [1.165, 1.54) is 12.8 Å². The molecule has 0 N–H and O–H groups in total. The maximum Gasteiger partial charge on any atom is 0.471 e. The molecule has 0 bridgehead atoms. The van der Waals surface area contributed by atoms with Crippen molar-refractivity contribution in [1.29, 1.82) is 0 Å². The van der Waals surface area contributed by atoms with Gasteiger partial charge >= 0.3 is 6.09 Å². The molecule has 3 heteroatoms. The molecule has 0 aliphatic heterocycles. The van der Waals surface area contributed by atoms with Crippen LogP contribution in [0, 0.1) is 5.92 Å². The molecule has 3 nitrogen and oxygen atoms in total. The first kappa shape index (κ1) is 6.39. The summed E-state index contributed by atoms with van der Waals surface area (Å²) in [6.45, 7) is 0.438. The van der Waals surface area contributed by atoms with Crippen molar-refractivity contribution in [3.05, 3.63) is 0 Å². The predicted octanol–water partition coefficient (Wildman–Crippen LogP) is 0.941. The van der Waals surface area contributed by atoms with Crippen LogP contribution in [0.1, 0.15) is 19.3 Å². The van der Waals surface area contributed by atoms with Crippen LogP contribution in [0.3, 0.4) is 0 Å². The summed E-state index contributed by atoms with van der Waals surface area (Å²) in [5.74, 6) is 0.757. The van der Waals surface area contributed by atoms with Gasteiger partial charge in [0, 0.05) is 6.54 Å². The number of hydrogen-bond donors (Lipinski definition) is 0. The molecular formula is C6H9NO2. The SMILES string of the molecule is [O]C(=O)[N]CCC1CC1. The molecule has 0 aromatic rings. The van der Waals surface area contributed by atoms with Gasteiger partial charge in [0.25, 0.3) is 0 Å². The van der Waals surface area contributed by atoms with E-state index in [0.717, 1.165) is 12.3 Å². The monoisotopic (exact) mass is 127 g/mol. The average Bonchev–Trinajstić information content (AvgIpc) is 2.48. The largest absolute Gasteiger partial charge is 0.471 e. The molecule has 1 aliphatic carbocycles. The molecule has 9 heavy (non-hydrogen) atoms. The molecule has 1 aliphatic rings. The molecule has 0 atom stereocenters. The Kier molecular flexibility index (Phi) is 1.92. The lowest BCUT2D eigenvalue weighted by Gasteiger charge is -1.91. The molecule has 1 amide bonds. The molecule has 0 heterocycles. The Morgan fingerprint density at radius 1 is 1.56 bits per heavy atom. The number of hydrogen-bond acceptors (Lipinski definition) is 1. The summed E-state index contributed by atoms with van der Waals surface area (Å²) in [7, 11) is 0. The number of rotatable bonds is 3. The number of carbonyl (C=O) groups is 1. The Bertz CT molecular complexity index is 110. The van der Waals surface area contributed by atoms with Gasteiger partial charge in [-0.2, -0.15) is 0 Å². The van der Waals surface area contributed by atoms with Gasteiger partial charge in [0.1, 0.15) is 0 Å². The van der Waals surface area contributed by atoms with E-state index in [1.807, 2.05) is 0 Å². The second-order valence-corrected chi connectivity index (χ2v) is 2.38. The molecule has 0 saturated heterocycles. The third-order valence-corrected chi connectivity index (χ3v) is 1.48. The topological polar surface area (TPSA) is 51.1 Å². The summed E-state index contributed by atoms with van der Waals surface area (Å²) in [5, 5.41) is 12.9. The quantitative estimate of drug-likeness (QED) is 0.556. The van der Waals surface area contributed by atoms with Crippen LogP contribution in [0.2, 0.25) is 0 Å². The Hall–Kier alpha value is -0.730. The van der Waals surface area contributed by atoms with Crippen LogP contribution >= 0.6 is 0 Å². The highest BCUT2D eigenvalue weighted by atomic mass is 16.4. The summed E-state index contributed by atoms with van der Waals surface area (Å²) in [6, 6.07) is 0. The number of amides is 1. The Labute approximate surface area is 54.1 Å². The van der Waals surface area contributed by atoms with Crippen molar-refractivity contribution < 1.29 is 9.90 Å². The van der Waals surface area contributed by atoms with E-state index < -0.39 is 6.09 Å². The van der Waals surface area contributed by atoms with E-state index in [4.69, 9.17) is 0 Å². The van der Waals surface area contributed by atoms with Crippen LogP contribution in [0.5, 0.6) is 0 Å². The molecule has 1 saturated carbocycles. The van der Waals surface area contributed by atoms with Crippen LogP contribution in [-0.2, 0) is 5.11 Å². The molecule has 0 aromatic heterocycles. The van der Waals surface area contributed by atoms with Crippen LogP contribution in [-0.4, -0.2) is 12.6 Å². The van der Waals surface area contributed by atoms with E-state index >= 15 is 0 Å². The van der Waals surface area contributed by atoms with Crippen molar-refractivity contribution in [2.24, 2.45) is 5.92 Å². The van der Waals surface area contributed by atoms with Crippen LogP contribution < -0.4 is 5.32 Å². The van der Waals surface area contributed by atoms with Gasteiger partial charge in [-0.15, -0.1) is 0 Å². The zero-order chi connectivity index (χ0) is 6.69. The normalized spacial score (nSPS) is 17.3. The molecule has 1 fully saturated rings. The van der Waals surface area contributed by atoms with Crippen molar-refractivity contribution in [3.8, 4) is 0 Å². The highest BCUT2D eigenvalue weighted by molar-refractivity contribution is 5.63. The Morgan fingerprint density at radius 3 is 2.67 bits per heavy atom. The maximum atomic E-state index is 9.72. The van der Waals surface area contributed by atoms with Crippen molar-refractivity contribution >= 4 is 6.09 Å². The van der Waals surface area contributed by atoms with Gasteiger partial charge in [-0.1, -0.05) is 12.8 Å². The average molecular weight is 127 g/mol. The zero-order valence-electron chi connectivity index (χ0n) is 5.17. The minimum Gasteiger partial charge on any atom is -0.218 e. The molecule has 1 rings (SSSR count). The lowest BCUT2D eigenvalue weighted by Crippen LogP contribution is -2.12. The van der Waals surface area contributed by atoms with E-state index in [-0.39, 0.29) is 0 Å². The molecule has 0 unspecified atom stereocenters. The van der Waals surface area contributed by atoms with E-state index in [2.05, 4.69) is 5.32 Å². The molecular weight excluding hydrogens is 118 g/mol. The Balaban J connectivity index is 1.86. The summed E-state index contributed by atoms with van der Waals surface area (Å²) < 4.78 is 0. The minimum atomic E-state index is -1.28. The van der Waals surface area contributed by atoms with Crippen LogP contribution in [0.4, 0.5) is 4.79 Å². The maximum absolute atomic E-state index is 9.72. The second-order valence-electron chi connectivity index (χ2n) is 2.38. The first-order chi connectivity index (χ1) is 4.29. The molecule has 0 spiro atoms. The fourth-order valence-electron chi connectivity index (χ4n) is 0.745. The van der Waals surface area contributed by atoms with Gasteiger partial charge in [-0.25, -0.2) is 15.2 Å². The van der Waals surface area contributed by atoms with Crippen LogP contribution in [0.25, 0.3) is 0 Å². The third kappa shape index (κ3) is 2.95. The number of nitrogens with zero attached hydrogens (tertiary/aromatic N) is 1. The summed E-state index contributed by atoms with van der Waals surface area (Å²) >= 11 is 0. The fraction of sp³-hybridized carbons (Fsp3) is 0.833. The first-order valence-electron chi connectivity index (χ1n) is 3.17. The van der Waals surface area contributed by atoms with E-state index in [9.17, 15) is 9.90 Å². The molecule has 50 valence electrons. The standard InChI is InChI=1S/C6H9NO2/c8-6(9)7-4-3-5-1-2-5/h5H,1-4H2. The second kappa shape index (κ2) is 2.71. The van der Waals surface area contributed by atoms with Crippen molar-refractivity contribution in [3.63, 3.8) is 0 Å². The van der Waals surface area contributed by atoms with Gasteiger partial charge < -0.3 is 0 Å². The molecule has 2 radical (unpaired) electrons. The summed E-state index contributed by atoms with van der Waals surface area (Å²) in [5.41, 5.74) is 0. The highest BCUT2D eigenvalue weighted by Gasteiger charge is 2.20. The smallest absolute Gasteiger partial charge is 0.218 e. The predicted molar refractivity (Wildman–Crippen MR) is 30.4 cm³/mol. The van der Waals surface area contributed by atoms with Gasteiger partial charge in [-0.3, -0.25) is 0 Å². The summed E-state index contributed by atoms with van der Waals surface area (Å²) in [4.78, 5) is 9.72. The van der Waals surface area contributed by atoms with Crippen molar-refractivity contribution in [2.75, 3.05) is 6.54 Å². The van der Waals surface area contributed by atoms with E-state index in [1.54, 1.807) is 0 Å². The fourth-order valence-corrected chi connectivity index (χ4v) is 0.745. The van der Waals surface area contributed by atoms with Gasteiger partial charge in [-0.05, 0) is 12.3 Å². The Morgan fingerprint density at radius 2 is 2.22 bits per heavy atom. The van der Waals surface area contributed by atoms with Crippen LogP contribution in [0.15, 0.2) is 0 Å². The van der Waals surface area contributed by atoms with Gasteiger partial charge in [0.2, 0.25) is 0 Å². The highest BCUT2D eigenvalue weighted by Crippen LogP contribution is 2.31. The van der Waals surface area contributed by atoms with Crippen molar-refractivity contribution in [2.45, 2.75) is 19.3 Å². The molecule has 0 aromatic carbocycles. The minimum absolute atomic E-state index is 0.438. The zero-order valence-corrected chi connectivity index (χ0v) is 5.17. The van der Waals surface area contributed by atoms with E-state index in [0.29, 0.717) is 6.54 Å². The lowest BCUT2D eigenvalue weighted by molar-refractivity contribution is 0.167. The van der Waals surface area contributed by atoms with Gasteiger partial charge in [0.15, 0.2) is 0 Å². The third-order valence-electron chi connectivity index (χ3n) is 1.48. The number of carbonyl (C=O) groups excluding carboxylic acids is 1. The first-order valence-corrected chi connectivity index (χ1v) is 3.17. The van der Waals surface area contributed by atoms with Crippen molar-refractivity contribution in [1.82, 2.24) is 5.32 Å². The lowest BCUT2D eigenvalue weighted by atomic mass is 10.3. The summed E-state index contributed by atoms with van der Waals surface area (Å²) in [6.07, 6.45) is 2.15.